The van der Waals surface area contributed by atoms with Crippen molar-refractivity contribution in [3.8, 4) is 0 Å². The lowest BCUT2D eigenvalue weighted by molar-refractivity contribution is -0.139. The minimum absolute atomic E-state index is 0.000779. The molecule has 0 aromatic carbocycles. The molecule has 2 fully saturated rings. The number of amides is 1. The third kappa shape index (κ3) is 5.06. The number of aromatic nitrogens is 2. The first-order chi connectivity index (χ1) is 14.8. The second kappa shape index (κ2) is 9.20. The molecule has 0 unspecified atom stereocenters. The molecule has 1 aromatic rings. The maximum absolute atomic E-state index is 14.4. The Bertz CT molecular complexity index is 794. The molecule has 172 valence electrons. The van der Waals surface area contributed by atoms with Gasteiger partial charge in [0, 0.05) is 57.8 Å². The van der Waals surface area contributed by atoms with Gasteiger partial charge in [0.05, 0.1) is 6.10 Å². The Hall–Kier alpha value is -2.07. The van der Waals surface area contributed by atoms with Gasteiger partial charge in [0.25, 0.3) is 5.92 Å². The van der Waals surface area contributed by atoms with Gasteiger partial charge in [-0.1, -0.05) is 13.8 Å². The third-order valence-corrected chi connectivity index (χ3v) is 6.09. The van der Waals surface area contributed by atoms with Crippen molar-refractivity contribution in [2.75, 3.05) is 62.6 Å². The number of carbonyl (C=O) groups excluding carboxylic acids is 1. The van der Waals surface area contributed by atoms with Crippen molar-refractivity contribution >= 4 is 17.7 Å². The summed E-state index contributed by atoms with van der Waals surface area (Å²) in [5.74, 6) is -1.59. The van der Waals surface area contributed by atoms with Crippen LogP contribution in [0.3, 0.4) is 0 Å². The summed E-state index contributed by atoms with van der Waals surface area (Å²) in [6.45, 7) is 9.00. The lowest BCUT2D eigenvalue weighted by Crippen LogP contribution is -2.54. The molecular weight excluding hydrogens is 406 g/mol. The number of ether oxygens (including phenoxy) is 1. The predicted octanol–water partition coefficient (Wildman–Crippen LogP) is 1.61. The van der Waals surface area contributed by atoms with Gasteiger partial charge in [-0.15, -0.1) is 0 Å². The van der Waals surface area contributed by atoms with Crippen molar-refractivity contribution in [2.24, 2.45) is 5.92 Å². The van der Waals surface area contributed by atoms with E-state index in [1.807, 2.05) is 4.90 Å². The van der Waals surface area contributed by atoms with E-state index in [1.54, 1.807) is 4.90 Å². The Labute approximate surface area is 181 Å². The Kier molecular flexibility index (Phi) is 6.57. The lowest BCUT2D eigenvalue weighted by atomic mass is 10.1. The van der Waals surface area contributed by atoms with Crippen LogP contribution >= 0.6 is 0 Å². The summed E-state index contributed by atoms with van der Waals surface area (Å²) in [4.78, 5) is 24.7. The fourth-order valence-electron chi connectivity index (χ4n) is 4.13. The van der Waals surface area contributed by atoms with Gasteiger partial charge in [0.15, 0.2) is 0 Å². The fraction of sp³-hybridized carbons (Fsp3) is 0.762. The molecule has 2 saturated heterocycles. The SMILES string of the molecule is CC(C)CCNc1nc(N2CC(OCC(=O)N3CCNCC3)C2)c2c(n1)C(F)(F)CC2. The van der Waals surface area contributed by atoms with Gasteiger partial charge in [-0.3, -0.25) is 4.79 Å². The summed E-state index contributed by atoms with van der Waals surface area (Å²) in [6, 6.07) is 0. The van der Waals surface area contributed by atoms with Crippen molar-refractivity contribution in [3.63, 3.8) is 0 Å². The summed E-state index contributed by atoms with van der Waals surface area (Å²) in [5, 5.41) is 6.32. The topological polar surface area (TPSA) is 82.6 Å². The van der Waals surface area contributed by atoms with Crippen molar-refractivity contribution < 1.29 is 18.3 Å². The minimum atomic E-state index is -2.92. The molecular formula is C21H32F2N6O2. The van der Waals surface area contributed by atoms with Gasteiger partial charge in [-0.2, -0.15) is 13.8 Å². The molecule has 3 aliphatic rings. The van der Waals surface area contributed by atoms with Crippen LogP contribution in [0.1, 0.15) is 37.9 Å². The van der Waals surface area contributed by atoms with Crippen molar-refractivity contribution in [2.45, 2.75) is 45.1 Å². The molecule has 0 spiro atoms. The van der Waals surface area contributed by atoms with Crippen LogP contribution in [0.2, 0.25) is 0 Å². The third-order valence-electron chi connectivity index (χ3n) is 6.09. The zero-order chi connectivity index (χ0) is 22.0. The van der Waals surface area contributed by atoms with Gasteiger partial charge in [0.1, 0.15) is 18.1 Å². The Morgan fingerprint density at radius 2 is 2.03 bits per heavy atom. The number of hydrogen-bond donors (Lipinski definition) is 2. The molecule has 0 bridgehead atoms. The van der Waals surface area contributed by atoms with E-state index >= 15 is 0 Å². The number of anilines is 2. The molecule has 4 rings (SSSR count). The Morgan fingerprint density at radius 3 is 2.74 bits per heavy atom. The number of nitrogens with zero attached hydrogens (tertiary/aromatic N) is 4. The summed E-state index contributed by atoms with van der Waals surface area (Å²) >= 11 is 0. The highest BCUT2D eigenvalue weighted by Crippen LogP contribution is 2.44. The molecule has 2 N–H and O–H groups in total. The Morgan fingerprint density at radius 1 is 1.29 bits per heavy atom. The van der Waals surface area contributed by atoms with E-state index in [1.165, 1.54) is 0 Å². The number of alkyl halides is 2. The molecule has 2 aliphatic heterocycles. The molecule has 0 radical (unpaired) electrons. The number of carbonyl (C=O) groups is 1. The zero-order valence-electron chi connectivity index (χ0n) is 18.3. The summed E-state index contributed by atoms with van der Waals surface area (Å²) in [7, 11) is 0. The smallest absolute Gasteiger partial charge is 0.290 e. The molecule has 1 aliphatic carbocycles. The maximum Gasteiger partial charge on any atom is 0.290 e. The van der Waals surface area contributed by atoms with E-state index in [4.69, 9.17) is 4.74 Å². The quantitative estimate of drug-likeness (QED) is 0.638. The van der Waals surface area contributed by atoms with Crippen LogP contribution in [-0.4, -0.2) is 79.3 Å². The van der Waals surface area contributed by atoms with Gasteiger partial charge in [-0.25, -0.2) is 4.98 Å². The van der Waals surface area contributed by atoms with Gasteiger partial charge in [0.2, 0.25) is 11.9 Å². The Balaban J connectivity index is 1.37. The van der Waals surface area contributed by atoms with Crippen LogP contribution in [0.25, 0.3) is 0 Å². The van der Waals surface area contributed by atoms with E-state index in [9.17, 15) is 13.6 Å². The van der Waals surface area contributed by atoms with E-state index in [0.29, 0.717) is 50.0 Å². The van der Waals surface area contributed by atoms with Crippen molar-refractivity contribution in [3.05, 3.63) is 11.3 Å². The first-order valence-corrected chi connectivity index (χ1v) is 11.2. The van der Waals surface area contributed by atoms with Crippen LogP contribution in [0.5, 0.6) is 0 Å². The summed E-state index contributed by atoms with van der Waals surface area (Å²) in [6.07, 6.45) is 0.851. The summed E-state index contributed by atoms with van der Waals surface area (Å²) < 4.78 is 34.5. The van der Waals surface area contributed by atoms with Crippen LogP contribution in [0, 0.1) is 5.92 Å². The highest BCUT2D eigenvalue weighted by atomic mass is 19.3. The van der Waals surface area contributed by atoms with Crippen LogP contribution in [0.4, 0.5) is 20.5 Å². The number of halogens is 2. The zero-order valence-corrected chi connectivity index (χ0v) is 18.3. The van der Waals surface area contributed by atoms with E-state index < -0.39 is 5.92 Å². The molecule has 8 nitrogen and oxygen atoms in total. The highest BCUT2D eigenvalue weighted by Gasteiger charge is 2.45. The van der Waals surface area contributed by atoms with Crippen LogP contribution < -0.4 is 15.5 Å². The van der Waals surface area contributed by atoms with E-state index in [2.05, 4.69) is 34.4 Å². The molecule has 10 heteroatoms. The second-order valence-electron chi connectivity index (χ2n) is 8.98. The molecule has 1 amide bonds. The molecule has 0 atom stereocenters. The average Bonchev–Trinajstić information content (AvgIpc) is 3.02. The highest BCUT2D eigenvalue weighted by molar-refractivity contribution is 5.77. The van der Waals surface area contributed by atoms with Gasteiger partial charge < -0.3 is 25.2 Å². The minimum Gasteiger partial charge on any atom is -0.365 e. The van der Waals surface area contributed by atoms with Crippen molar-refractivity contribution in [1.29, 1.82) is 0 Å². The average molecular weight is 439 g/mol. The van der Waals surface area contributed by atoms with E-state index in [0.717, 1.165) is 19.5 Å². The summed E-state index contributed by atoms with van der Waals surface area (Å²) in [5.41, 5.74) is 0.387. The molecule has 0 saturated carbocycles. The maximum atomic E-state index is 14.4. The number of hydrogen-bond acceptors (Lipinski definition) is 7. The normalized spacial score (nSPS) is 20.7. The monoisotopic (exact) mass is 438 g/mol. The number of piperazine rings is 1. The van der Waals surface area contributed by atoms with Gasteiger partial charge in [-0.05, 0) is 18.8 Å². The van der Waals surface area contributed by atoms with Crippen LogP contribution in [0.15, 0.2) is 0 Å². The van der Waals surface area contributed by atoms with E-state index in [-0.39, 0.29) is 43.1 Å². The predicted molar refractivity (Wildman–Crippen MR) is 114 cm³/mol. The van der Waals surface area contributed by atoms with Gasteiger partial charge >= 0.3 is 0 Å². The van der Waals surface area contributed by atoms with Crippen molar-refractivity contribution in [1.82, 2.24) is 20.2 Å². The number of nitrogens with one attached hydrogen (secondary N) is 2. The fourth-order valence-corrected chi connectivity index (χ4v) is 4.13. The molecule has 31 heavy (non-hydrogen) atoms. The first kappa shape index (κ1) is 22.1. The lowest BCUT2D eigenvalue weighted by Gasteiger charge is -2.40. The molecule has 3 heterocycles. The number of fused-ring (bicyclic) bond motifs is 1. The van der Waals surface area contributed by atoms with Crippen LogP contribution in [-0.2, 0) is 21.9 Å². The second-order valence-corrected chi connectivity index (χ2v) is 8.98. The molecule has 1 aromatic heterocycles. The standard InChI is InChI=1S/C21H32F2N6O2/c1-14(2)4-6-25-20-26-18-16(3-5-21(18,22)23)19(27-20)29-11-15(12-29)31-13-17(30)28-9-7-24-8-10-28/h14-15,24H,3-13H2,1-2H3,(H,25,26,27). The first-order valence-electron chi connectivity index (χ1n) is 11.2. The largest absolute Gasteiger partial charge is 0.365 e. The number of rotatable bonds is 8.